The monoisotopic (exact) mass is 437 g/mol. The molecule has 30 heavy (non-hydrogen) atoms. The van der Waals surface area contributed by atoms with Gasteiger partial charge in [0, 0.05) is 32.1 Å². The number of halogens is 1. The molecule has 1 aromatic rings. The third-order valence-electron chi connectivity index (χ3n) is 5.16. The zero-order chi connectivity index (χ0) is 20.7. The van der Waals surface area contributed by atoms with Crippen LogP contribution < -0.4 is 20.7 Å². The van der Waals surface area contributed by atoms with Gasteiger partial charge in [-0.3, -0.25) is 9.59 Å². The fourth-order valence-electron chi connectivity index (χ4n) is 3.68. The summed E-state index contributed by atoms with van der Waals surface area (Å²) in [5, 5.41) is 9.34. The first-order chi connectivity index (χ1) is 14.0. The topological polar surface area (TPSA) is 88.7 Å². The minimum atomic E-state index is -0.948. The Hall–Kier alpha value is -2.09. The SMILES string of the molecule is CC(C)C[C@H]1CNC(=O)c2ccccc2OC/C=C/CC2(CNCCO2)C(=O)N1.Cl. The number of nitrogens with one attached hydrogen (secondary N) is 3. The summed E-state index contributed by atoms with van der Waals surface area (Å²) in [7, 11) is 0. The molecule has 2 atom stereocenters. The number of ether oxygens (including phenoxy) is 2. The van der Waals surface area contributed by atoms with Crippen molar-refractivity contribution in [3.63, 3.8) is 0 Å². The molecule has 7 nitrogen and oxygen atoms in total. The number of carbonyl (C=O) groups is 2. The van der Waals surface area contributed by atoms with E-state index < -0.39 is 5.60 Å². The Morgan fingerprint density at radius 3 is 2.73 bits per heavy atom. The van der Waals surface area contributed by atoms with E-state index in [4.69, 9.17) is 9.47 Å². The highest BCUT2D eigenvalue weighted by Gasteiger charge is 2.41. The van der Waals surface area contributed by atoms with Crippen LogP contribution in [0.15, 0.2) is 36.4 Å². The number of para-hydroxylation sites is 1. The van der Waals surface area contributed by atoms with Crippen LogP contribution >= 0.6 is 12.4 Å². The van der Waals surface area contributed by atoms with Crippen molar-refractivity contribution in [1.29, 1.82) is 0 Å². The molecule has 8 heteroatoms. The third kappa shape index (κ3) is 6.20. The highest BCUT2D eigenvalue weighted by Crippen LogP contribution is 2.22. The van der Waals surface area contributed by atoms with Gasteiger partial charge in [-0.2, -0.15) is 0 Å². The van der Waals surface area contributed by atoms with Crippen molar-refractivity contribution in [2.75, 3.05) is 32.8 Å². The lowest BCUT2D eigenvalue weighted by atomic mass is 9.94. The molecule has 0 radical (unpaired) electrons. The Morgan fingerprint density at radius 1 is 1.20 bits per heavy atom. The Labute approximate surface area is 184 Å². The fourth-order valence-corrected chi connectivity index (χ4v) is 3.68. The molecule has 2 aliphatic heterocycles. The molecule has 1 unspecified atom stereocenters. The van der Waals surface area contributed by atoms with Gasteiger partial charge >= 0.3 is 0 Å². The van der Waals surface area contributed by atoms with E-state index in [9.17, 15) is 9.59 Å². The molecule has 0 bridgehead atoms. The molecule has 0 aliphatic carbocycles. The van der Waals surface area contributed by atoms with Crippen LogP contribution in [0.2, 0.25) is 0 Å². The fraction of sp³-hybridized carbons (Fsp3) is 0.545. The first-order valence-corrected chi connectivity index (χ1v) is 10.3. The van der Waals surface area contributed by atoms with Gasteiger partial charge < -0.3 is 25.4 Å². The second-order valence-electron chi connectivity index (χ2n) is 8.01. The molecule has 166 valence electrons. The summed E-state index contributed by atoms with van der Waals surface area (Å²) >= 11 is 0. The Kier molecular flexibility index (Phi) is 9.14. The van der Waals surface area contributed by atoms with Crippen LogP contribution in [0.3, 0.4) is 0 Å². The Morgan fingerprint density at radius 2 is 2.00 bits per heavy atom. The second-order valence-corrected chi connectivity index (χ2v) is 8.01. The van der Waals surface area contributed by atoms with Crippen molar-refractivity contribution in [2.24, 2.45) is 5.92 Å². The van der Waals surface area contributed by atoms with E-state index in [0.29, 0.717) is 50.0 Å². The van der Waals surface area contributed by atoms with Crippen molar-refractivity contribution in [2.45, 2.75) is 38.3 Å². The van der Waals surface area contributed by atoms with Crippen LogP contribution in [-0.4, -0.2) is 56.3 Å². The summed E-state index contributed by atoms with van der Waals surface area (Å²) in [5.74, 6) is 0.553. The lowest BCUT2D eigenvalue weighted by Crippen LogP contribution is -2.61. The van der Waals surface area contributed by atoms with Crippen LogP contribution in [0.1, 0.15) is 37.0 Å². The maximum atomic E-state index is 13.2. The summed E-state index contributed by atoms with van der Waals surface area (Å²) in [6, 6.07) is 7.00. The number of hydrogen-bond donors (Lipinski definition) is 3. The molecular formula is C22H32ClN3O4. The number of fused-ring (bicyclic) bond motifs is 1. The standard InChI is InChI=1S/C22H31N3O4.ClH/c1-16(2)13-17-14-24-20(26)18-7-3-4-8-19(18)28-11-6-5-9-22(21(27)25-17)15-23-10-12-29-22;/h3-8,16-17,23H,9-15H2,1-2H3,(H,24,26)(H,25,27);1H/b6-5+;/t17-,22?;/m0./s1. The van der Waals surface area contributed by atoms with E-state index in [1.165, 1.54) is 0 Å². The van der Waals surface area contributed by atoms with Crippen molar-refractivity contribution in [1.82, 2.24) is 16.0 Å². The summed E-state index contributed by atoms with van der Waals surface area (Å²) in [5.41, 5.74) is -0.459. The molecule has 3 rings (SSSR count). The van der Waals surface area contributed by atoms with Crippen molar-refractivity contribution >= 4 is 24.2 Å². The number of carbonyl (C=O) groups excluding carboxylic acids is 2. The molecule has 1 fully saturated rings. The van der Waals surface area contributed by atoms with E-state index in [2.05, 4.69) is 29.8 Å². The van der Waals surface area contributed by atoms with Crippen LogP contribution in [0, 0.1) is 5.92 Å². The van der Waals surface area contributed by atoms with Gasteiger partial charge in [-0.25, -0.2) is 0 Å². The van der Waals surface area contributed by atoms with E-state index in [-0.39, 0.29) is 30.3 Å². The largest absolute Gasteiger partial charge is 0.489 e. The molecule has 2 aliphatic rings. The second kappa shape index (κ2) is 11.3. The zero-order valence-electron chi connectivity index (χ0n) is 17.6. The maximum Gasteiger partial charge on any atom is 0.255 e. The van der Waals surface area contributed by atoms with Gasteiger partial charge in [0.1, 0.15) is 12.4 Å². The first kappa shape index (κ1) is 24.2. The highest BCUT2D eigenvalue weighted by atomic mass is 35.5. The van der Waals surface area contributed by atoms with E-state index in [0.717, 1.165) is 13.0 Å². The van der Waals surface area contributed by atoms with Crippen LogP contribution in [0.25, 0.3) is 0 Å². The summed E-state index contributed by atoms with van der Waals surface area (Å²) in [4.78, 5) is 25.9. The minimum absolute atomic E-state index is 0. The van der Waals surface area contributed by atoms with Crippen LogP contribution in [0.4, 0.5) is 0 Å². The molecule has 0 aromatic heterocycles. The molecule has 1 saturated heterocycles. The van der Waals surface area contributed by atoms with Crippen LogP contribution in [0.5, 0.6) is 5.75 Å². The lowest BCUT2D eigenvalue weighted by molar-refractivity contribution is -0.151. The molecule has 2 amide bonds. The predicted octanol–water partition coefficient (Wildman–Crippen LogP) is 2.07. The number of hydrogen-bond acceptors (Lipinski definition) is 5. The quantitative estimate of drug-likeness (QED) is 0.616. The van der Waals surface area contributed by atoms with E-state index in [1.807, 2.05) is 24.3 Å². The van der Waals surface area contributed by atoms with E-state index >= 15 is 0 Å². The minimum Gasteiger partial charge on any atom is -0.489 e. The van der Waals surface area contributed by atoms with Crippen molar-refractivity contribution < 1.29 is 19.1 Å². The summed E-state index contributed by atoms with van der Waals surface area (Å²) in [6.45, 7) is 6.51. The summed E-state index contributed by atoms with van der Waals surface area (Å²) in [6.07, 6.45) is 4.98. The number of rotatable bonds is 2. The Balaban J connectivity index is 0.00000320. The summed E-state index contributed by atoms with van der Waals surface area (Å²) < 4.78 is 11.7. The molecule has 1 aromatic carbocycles. The van der Waals surface area contributed by atoms with Gasteiger partial charge in [-0.15, -0.1) is 12.4 Å². The van der Waals surface area contributed by atoms with Gasteiger partial charge in [0.15, 0.2) is 5.60 Å². The van der Waals surface area contributed by atoms with Gasteiger partial charge in [0.25, 0.3) is 11.8 Å². The molecule has 0 saturated carbocycles. The zero-order valence-corrected chi connectivity index (χ0v) is 18.4. The predicted molar refractivity (Wildman–Crippen MR) is 118 cm³/mol. The van der Waals surface area contributed by atoms with E-state index in [1.54, 1.807) is 12.1 Å². The van der Waals surface area contributed by atoms with Gasteiger partial charge in [0.2, 0.25) is 0 Å². The average molecular weight is 438 g/mol. The molecule has 3 N–H and O–H groups in total. The molecule has 1 spiro atoms. The van der Waals surface area contributed by atoms with Gasteiger partial charge in [-0.1, -0.05) is 38.1 Å². The van der Waals surface area contributed by atoms with Crippen molar-refractivity contribution in [3.05, 3.63) is 42.0 Å². The average Bonchev–Trinajstić information content (AvgIpc) is 2.71. The van der Waals surface area contributed by atoms with Crippen LogP contribution in [-0.2, 0) is 9.53 Å². The highest BCUT2D eigenvalue weighted by molar-refractivity contribution is 5.97. The Bertz CT molecular complexity index is 748. The van der Waals surface area contributed by atoms with Gasteiger partial charge in [0.05, 0.1) is 12.2 Å². The smallest absolute Gasteiger partial charge is 0.255 e. The first-order valence-electron chi connectivity index (χ1n) is 10.3. The third-order valence-corrected chi connectivity index (χ3v) is 5.16. The number of benzene rings is 1. The van der Waals surface area contributed by atoms with Gasteiger partial charge in [-0.05, 0) is 24.5 Å². The maximum absolute atomic E-state index is 13.2. The number of morpholine rings is 1. The molecular weight excluding hydrogens is 406 g/mol. The molecule has 2 heterocycles. The lowest BCUT2D eigenvalue weighted by Gasteiger charge is -2.37. The number of amides is 2. The van der Waals surface area contributed by atoms with Crippen molar-refractivity contribution in [3.8, 4) is 5.75 Å². The normalized spacial score (nSPS) is 26.4.